The molecule has 1 unspecified atom stereocenters. The molecule has 1 aromatic rings. The Morgan fingerprint density at radius 3 is 2.78 bits per heavy atom. The predicted molar refractivity (Wildman–Crippen MR) is 95.9 cm³/mol. The molecular formula is C18H26N2O2S. The zero-order chi connectivity index (χ0) is 16.8. The van der Waals surface area contributed by atoms with Crippen LogP contribution in [0.4, 0.5) is 5.69 Å². The van der Waals surface area contributed by atoms with Crippen LogP contribution in [0.5, 0.6) is 0 Å². The van der Waals surface area contributed by atoms with E-state index in [4.69, 9.17) is 0 Å². The van der Waals surface area contributed by atoms with Crippen LogP contribution in [0.2, 0.25) is 0 Å². The van der Waals surface area contributed by atoms with E-state index in [0.717, 1.165) is 36.4 Å². The highest BCUT2D eigenvalue weighted by molar-refractivity contribution is 8.00. The third-order valence-electron chi connectivity index (χ3n) is 4.30. The number of para-hydroxylation sites is 1. The number of fused-ring (bicyclic) bond motifs is 1. The minimum absolute atomic E-state index is 0.0154. The fraction of sp³-hybridized carbons (Fsp3) is 0.556. The molecule has 126 valence electrons. The molecule has 2 amide bonds. The number of thioether (sulfide) groups is 1. The van der Waals surface area contributed by atoms with Gasteiger partial charge in [0.15, 0.2) is 0 Å². The number of carbonyl (C=O) groups is 2. The Morgan fingerprint density at radius 2 is 2.09 bits per heavy atom. The molecule has 0 fully saturated rings. The van der Waals surface area contributed by atoms with Gasteiger partial charge in [-0.25, -0.2) is 0 Å². The van der Waals surface area contributed by atoms with Crippen LogP contribution < -0.4 is 4.90 Å². The molecule has 0 N–H and O–H groups in total. The molecule has 0 bridgehead atoms. The maximum atomic E-state index is 12.8. The summed E-state index contributed by atoms with van der Waals surface area (Å²) >= 11 is 1.54. The second-order valence-corrected chi connectivity index (χ2v) is 6.95. The highest BCUT2D eigenvalue weighted by Gasteiger charge is 2.28. The Balaban J connectivity index is 2.15. The Kier molecular flexibility index (Phi) is 6.51. The second kappa shape index (κ2) is 8.39. The largest absolute Gasteiger partial charge is 0.338 e. The molecule has 0 radical (unpaired) electrons. The molecule has 0 spiro atoms. The molecule has 1 heterocycles. The van der Waals surface area contributed by atoms with Crippen LogP contribution in [0.1, 0.15) is 40.0 Å². The minimum atomic E-state index is 0.0154. The first-order chi connectivity index (χ1) is 11.1. The lowest BCUT2D eigenvalue weighted by Crippen LogP contribution is -2.48. The number of hydrogen-bond donors (Lipinski definition) is 0. The van der Waals surface area contributed by atoms with Gasteiger partial charge in [-0.3, -0.25) is 9.59 Å². The van der Waals surface area contributed by atoms with E-state index >= 15 is 0 Å². The third-order valence-corrected chi connectivity index (χ3v) is 5.34. The Bertz CT molecular complexity index is 562. The fourth-order valence-corrected chi connectivity index (χ4v) is 3.63. The summed E-state index contributed by atoms with van der Waals surface area (Å²) in [5.41, 5.74) is 0.863. The topological polar surface area (TPSA) is 40.6 Å². The van der Waals surface area contributed by atoms with Crippen molar-refractivity contribution in [3.8, 4) is 0 Å². The molecule has 2 rings (SSSR count). The van der Waals surface area contributed by atoms with Crippen molar-refractivity contribution in [1.29, 1.82) is 0 Å². The summed E-state index contributed by atoms with van der Waals surface area (Å²) in [5, 5.41) is 0. The fourth-order valence-electron chi connectivity index (χ4n) is 2.69. The van der Waals surface area contributed by atoms with Gasteiger partial charge in [0.1, 0.15) is 6.54 Å². The molecule has 0 saturated heterocycles. The van der Waals surface area contributed by atoms with Gasteiger partial charge in [-0.1, -0.05) is 32.4 Å². The summed E-state index contributed by atoms with van der Waals surface area (Å²) < 4.78 is 0. The van der Waals surface area contributed by atoms with Crippen LogP contribution in [0.3, 0.4) is 0 Å². The molecule has 1 atom stereocenters. The predicted octanol–water partition coefficient (Wildman–Crippen LogP) is 3.55. The van der Waals surface area contributed by atoms with Crippen molar-refractivity contribution in [1.82, 2.24) is 4.90 Å². The number of rotatable bonds is 7. The van der Waals surface area contributed by atoms with Gasteiger partial charge in [0, 0.05) is 17.5 Å². The lowest BCUT2D eigenvalue weighted by atomic mass is 10.2. The number of carbonyl (C=O) groups excluding carboxylic acids is 2. The van der Waals surface area contributed by atoms with Crippen LogP contribution in [0.25, 0.3) is 0 Å². The highest BCUT2D eigenvalue weighted by atomic mass is 32.2. The van der Waals surface area contributed by atoms with Gasteiger partial charge in [0.2, 0.25) is 11.8 Å². The van der Waals surface area contributed by atoms with Gasteiger partial charge >= 0.3 is 0 Å². The van der Waals surface area contributed by atoms with Crippen LogP contribution in [-0.2, 0) is 9.59 Å². The average Bonchev–Trinajstić information content (AvgIpc) is 2.57. The van der Waals surface area contributed by atoms with Crippen molar-refractivity contribution in [2.24, 2.45) is 0 Å². The Hall–Kier alpha value is -1.49. The first kappa shape index (κ1) is 17.9. The average molecular weight is 334 g/mol. The molecule has 0 saturated carbocycles. The van der Waals surface area contributed by atoms with Crippen molar-refractivity contribution < 1.29 is 9.59 Å². The van der Waals surface area contributed by atoms with Crippen molar-refractivity contribution in [3.05, 3.63) is 24.3 Å². The number of anilines is 1. The van der Waals surface area contributed by atoms with E-state index in [-0.39, 0.29) is 24.4 Å². The van der Waals surface area contributed by atoms with Gasteiger partial charge in [-0.2, -0.15) is 0 Å². The lowest BCUT2D eigenvalue weighted by Gasteiger charge is -2.33. The molecule has 23 heavy (non-hydrogen) atoms. The summed E-state index contributed by atoms with van der Waals surface area (Å²) in [6, 6.07) is 8.02. The van der Waals surface area contributed by atoms with E-state index in [1.54, 1.807) is 16.7 Å². The van der Waals surface area contributed by atoms with E-state index in [1.807, 2.05) is 29.2 Å². The molecule has 0 aliphatic carbocycles. The molecule has 1 aliphatic heterocycles. The van der Waals surface area contributed by atoms with Gasteiger partial charge < -0.3 is 9.80 Å². The quantitative estimate of drug-likeness (QED) is 0.765. The van der Waals surface area contributed by atoms with Crippen LogP contribution in [0, 0.1) is 0 Å². The zero-order valence-corrected chi connectivity index (χ0v) is 15.1. The summed E-state index contributed by atoms with van der Waals surface area (Å²) in [6.07, 6.45) is 2.98. The van der Waals surface area contributed by atoms with Crippen LogP contribution >= 0.6 is 11.8 Å². The van der Waals surface area contributed by atoms with E-state index in [2.05, 4.69) is 20.8 Å². The standard InChI is InChI=1S/C18H26N2O2S/c1-4-6-11-19(14(3)5-2)17(21)12-20-15-9-7-8-10-16(15)23-13-18(20)22/h7-10,14H,4-6,11-13H2,1-3H3. The van der Waals surface area contributed by atoms with E-state index in [1.165, 1.54) is 0 Å². The number of hydrogen-bond acceptors (Lipinski definition) is 3. The Morgan fingerprint density at radius 1 is 1.35 bits per heavy atom. The molecule has 5 heteroatoms. The van der Waals surface area contributed by atoms with Crippen molar-refractivity contribution in [2.45, 2.75) is 51.0 Å². The van der Waals surface area contributed by atoms with Gasteiger partial charge in [-0.15, -0.1) is 11.8 Å². The second-order valence-electron chi connectivity index (χ2n) is 5.93. The summed E-state index contributed by atoms with van der Waals surface area (Å²) in [5.74, 6) is 0.465. The van der Waals surface area contributed by atoms with Crippen molar-refractivity contribution in [2.75, 3.05) is 23.7 Å². The van der Waals surface area contributed by atoms with E-state index in [0.29, 0.717) is 5.75 Å². The lowest BCUT2D eigenvalue weighted by molar-refractivity contribution is -0.133. The van der Waals surface area contributed by atoms with Gasteiger partial charge in [-0.05, 0) is 31.9 Å². The van der Waals surface area contributed by atoms with Crippen molar-refractivity contribution >= 4 is 29.3 Å². The van der Waals surface area contributed by atoms with Gasteiger partial charge in [0.25, 0.3) is 0 Å². The number of benzene rings is 1. The maximum absolute atomic E-state index is 12.8. The first-order valence-electron chi connectivity index (χ1n) is 8.40. The highest BCUT2D eigenvalue weighted by Crippen LogP contribution is 2.34. The molecule has 4 nitrogen and oxygen atoms in total. The molecule has 0 aromatic heterocycles. The van der Waals surface area contributed by atoms with Crippen LogP contribution in [0.15, 0.2) is 29.2 Å². The monoisotopic (exact) mass is 334 g/mol. The number of nitrogens with zero attached hydrogens (tertiary/aromatic N) is 2. The molecule has 1 aromatic carbocycles. The third kappa shape index (κ3) is 4.28. The van der Waals surface area contributed by atoms with Crippen molar-refractivity contribution in [3.63, 3.8) is 0 Å². The normalized spacial score (nSPS) is 15.3. The summed E-state index contributed by atoms with van der Waals surface area (Å²) in [6.45, 7) is 7.21. The molecular weight excluding hydrogens is 308 g/mol. The SMILES string of the molecule is CCCCN(C(=O)CN1C(=O)CSc2ccccc21)C(C)CC. The van der Waals surface area contributed by atoms with Gasteiger partial charge in [0.05, 0.1) is 11.4 Å². The smallest absolute Gasteiger partial charge is 0.242 e. The summed E-state index contributed by atoms with van der Waals surface area (Å²) in [4.78, 5) is 29.8. The Labute approximate surface area is 143 Å². The van der Waals surface area contributed by atoms with E-state index in [9.17, 15) is 9.59 Å². The zero-order valence-electron chi connectivity index (χ0n) is 14.2. The number of unbranched alkanes of at least 4 members (excludes halogenated alkanes) is 1. The van der Waals surface area contributed by atoms with Crippen LogP contribution in [-0.4, -0.2) is 41.6 Å². The number of amides is 2. The van der Waals surface area contributed by atoms with E-state index < -0.39 is 0 Å². The maximum Gasteiger partial charge on any atom is 0.242 e. The summed E-state index contributed by atoms with van der Waals surface area (Å²) in [7, 11) is 0. The first-order valence-corrected chi connectivity index (χ1v) is 9.38. The minimum Gasteiger partial charge on any atom is -0.338 e. The molecule has 1 aliphatic rings.